The lowest BCUT2D eigenvalue weighted by molar-refractivity contribution is 0.217. The van der Waals surface area contributed by atoms with Crippen LogP contribution >= 0.6 is 0 Å². The summed E-state index contributed by atoms with van der Waals surface area (Å²) in [4.78, 5) is 0. The van der Waals surface area contributed by atoms with E-state index in [2.05, 4.69) is 6.92 Å². The Morgan fingerprint density at radius 3 is 2.14 bits per heavy atom. The Morgan fingerprint density at radius 1 is 0.857 bits per heavy atom. The molecule has 110 valence electrons. The number of aryl methyl sites for hydroxylation is 2. The summed E-state index contributed by atoms with van der Waals surface area (Å²) in [5.41, 5.74) is 2.83. The van der Waals surface area contributed by atoms with Crippen LogP contribution in [-0.4, -0.2) is 30.4 Å². The standard InChI is InChI=1S/C16H19BO4/c1-12-6-7-16(10-13(12)2)21-9-8-20-15-5-3-4-14(11-15)17(18)19/h3-7,10-11,18-19H,8-9H2,1-2H3. The van der Waals surface area contributed by atoms with E-state index in [0.717, 1.165) is 5.75 Å². The molecular weight excluding hydrogens is 267 g/mol. The van der Waals surface area contributed by atoms with Gasteiger partial charge in [0.2, 0.25) is 0 Å². The molecule has 2 aromatic carbocycles. The number of ether oxygens (including phenoxy) is 2. The lowest BCUT2D eigenvalue weighted by atomic mass is 9.80. The number of benzene rings is 2. The second-order valence-corrected chi connectivity index (χ2v) is 4.89. The minimum Gasteiger partial charge on any atom is -0.490 e. The van der Waals surface area contributed by atoms with Gasteiger partial charge in [-0.25, -0.2) is 0 Å². The van der Waals surface area contributed by atoms with Crippen molar-refractivity contribution >= 4 is 12.6 Å². The van der Waals surface area contributed by atoms with Crippen molar-refractivity contribution in [3.05, 3.63) is 53.6 Å². The van der Waals surface area contributed by atoms with Gasteiger partial charge in [0, 0.05) is 0 Å². The van der Waals surface area contributed by atoms with Gasteiger partial charge < -0.3 is 19.5 Å². The number of hydrogen-bond acceptors (Lipinski definition) is 4. The Bertz CT molecular complexity index is 599. The largest absolute Gasteiger partial charge is 0.490 e. The fourth-order valence-corrected chi connectivity index (χ4v) is 1.89. The van der Waals surface area contributed by atoms with E-state index in [1.807, 2.05) is 25.1 Å². The molecule has 4 nitrogen and oxygen atoms in total. The zero-order valence-corrected chi connectivity index (χ0v) is 12.2. The predicted octanol–water partition coefficient (Wildman–Crippen LogP) is 1.44. The van der Waals surface area contributed by atoms with E-state index in [4.69, 9.17) is 19.5 Å². The third-order valence-corrected chi connectivity index (χ3v) is 3.26. The highest BCUT2D eigenvalue weighted by atomic mass is 16.5. The third-order valence-electron chi connectivity index (χ3n) is 3.26. The summed E-state index contributed by atoms with van der Waals surface area (Å²) in [6.07, 6.45) is 0. The molecule has 5 heteroatoms. The molecule has 0 aliphatic heterocycles. The maximum absolute atomic E-state index is 9.09. The van der Waals surface area contributed by atoms with Crippen molar-refractivity contribution in [2.45, 2.75) is 13.8 Å². The summed E-state index contributed by atoms with van der Waals surface area (Å²) in [6.45, 7) is 4.92. The van der Waals surface area contributed by atoms with Crippen LogP contribution in [0.1, 0.15) is 11.1 Å². The van der Waals surface area contributed by atoms with Crippen LogP contribution in [0.5, 0.6) is 11.5 Å². The van der Waals surface area contributed by atoms with Gasteiger partial charge in [-0.15, -0.1) is 0 Å². The summed E-state index contributed by atoms with van der Waals surface area (Å²) in [5, 5.41) is 18.2. The molecule has 0 unspecified atom stereocenters. The second-order valence-electron chi connectivity index (χ2n) is 4.89. The van der Waals surface area contributed by atoms with Gasteiger partial charge in [0.1, 0.15) is 24.7 Å². The molecule has 0 aliphatic carbocycles. The SMILES string of the molecule is Cc1ccc(OCCOc2cccc(B(O)O)c2)cc1C. The summed E-state index contributed by atoms with van der Waals surface area (Å²) in [6, 6.07) is 12.7. The molecule has 2 N–H and O–H groups in total. The Hall–Kier alpha value is -1.98. The molecule has 0 aromatic heterocycles. The molecule has 0 fully saturated rings. The molecule has 0 saturated carbocycles. The molecule has 0 radical (unpaired) electrons. The third kappa shape index (κ3) is 4.51. The van der Waals surface area contributed by atoms with Crippen LogP contribution in [0, 0.1) is 13.8 Å². The van der Waals surface area contributed by atoms with Crippen LogP contribution in [0.4, 0.5) is 0 Å². The van der Waals surface area contributed by atoms with Crippen molar-refractivity contribution < 1.29 is 19.5 Å². The molecule has 2 rings (SSSR count). The highest BCUT2D eigenvalue weighted by Gasteiger charge is 2.10. The predicted molar refractivity (Wildman–Crippen MR) is 83.2 cm³/mol. The maximum atomic E-state index is 9.09. The van der Waals surface area contributed by atoms with Crippen molar-refractivity contribution in [3.63, 3.8) is 0 Å². The van der Waals surface area contributed by atoms with Crippen LogP contribution in [-0.2, 0) is 0 Å². The van der Waals surface area contributed by atoms with Gasteiger partial charge in [0.25, 0.3) is 0 Å². The molecule has 21 heavy (non-hydrogen) atoms. The van der Waals surface area contributed by atoms with Crippen LogP contribution in [0.15, 0.2) is 42.5 Å². The summed E-state index contributed by atoms with van der Waals surface area (Å²) >= 11 is 0. The normalized spacial score (nSPS) is 10.3. The summed E-state index contributed by atoms with van der Waals surface area (Å²) in [7, 11) is -1.49. The average Bonchev–Trinajstić information content (AvgIpc) is 2.47. The van der Waals surface area contributed by atoms with Gasteiger partial charge in [-0.3, -0.25) is 0 Å². The summed E-state index contributed by atoms with van der Waals surface area (Å²) < 4.78 is 11.1. The molecule has 0 aliphatic rings. The molecular formula is C16H19BO4. The van der Waals surface area contributed by atoms with Crippen molar-refractivity contribution in [2.75, 3.05) is 13.2 Å². The van der Waals surface area contributed by atoms with E-state index in [9.17, 15) is 0 Å². The monoisotopic (exact) mass is 286 g/mol. The van der Waals surface area contributed by atoms with Crippen LogP contribution in [0.25, 0.3) is 0 Å². The number of rotatable bonds is 6. The summed E-state index contributed by atoms with van der Waals surface area (Å²) in [5.74, 6) is 1.41. The van der Waals surface area contributed by atoms with Crippen molar-refractivity contribution in [1.29, 1.82) is 0 Å². The first kappa shape index (κ1) is 15.4. The molecule has 0 spiro atoms. The van der Waals surface area contributed by atoms with Gasteiger partial charge in [-0.2, -0.15) is 0 Å². The van der Waals surface area contributed by atoms with Gasteiger partial charge in [-0.05, 0) is 54.7 Å². The van der Waals surface area contributed by atoms with Gasteiger partial charge in [-0.1, -0.05) is 18.2 Å². The lowest BCUT2D eigenvalue weighted by Gasteiger charge is -2.10. The Kier molecular flexibility index (Phi) is 5.25. The zero-order valence-electron chi connectivity index (χ0n) is 12.2. The lowest BCUT2D eigenvalue weighted by Crippen LogP contribution is -2.29. The fourth-order valence-electron chi connectivity index (χ4n) is 1.89. The van der Waals surface area contributed by atoms with E-state index in [1.54, 1.807) is 24.3 Å². The molecule has 0 amide bonds. The smallest absolute Gasteiger partial charge is 0.488 e. The Morgan fingerprint density at radius 2 is 1.52 bits per heavy atom. The van der Waals surface area contributed by atoms with Gasteiger partial charge in [0.15, 0.2) is 0 Å². The van der Waals surface area contributed by atoms with Crippen LogP contribution in [0.3, 0.4) is 0 Å². The molecule has 0 saturated heterocycles. The van der Waals surface area contributed by atoms with Crippen LogP contribution < -0.4 is 14.9 Å². The first-order chi connectivity index (χ1) is 10.1. The zero-order chi connectivity index (χ0) is 15.2. The van der Waals surface area contributed by atoms with Crippen molar-refractivity contribution in [2.24, 2.45) is 0 Å². The Labute approximate surface area is 125 Å². The molecule has 2 aromatic rings. The van der Waals surface area contributed by atoms with E-state index in [0.29, 0.717) is 24.4 Å². The minimum atomic E-state index is -1.49. The average molecular weight is 286 g/mol. The maximum Gasteiger partial charge on any atom is 0.488 e. The van der Waals surface area contributed by atoms with E-state index in [1.165, 1.54) is 11.1 Å². The van der Waals surface area contributed by atoms with E-state index >= 15 is 0 Å². The highest BCUT2D eigenvalue weighted by molar-refractivity contribution is 6.58. The van der Waals surface area contributed by atoms with E-state index in [-0.39, 0.29) is 0 Å². The first-order valence-corrected chi connectivity index (χ1v) is 6.85. The van der Waals surface area contributed by atoms with Crippen LogP contribution in [0.2, 0.25) is 0 Å². The minimum absolute atomic E-state index is 0.387. The Balaban J connectivity index is 1.81. The van der Waals surface area contributed by atoms with Crippen molar-refractivity contribution in [1.82, 2.24) is 0 Å². The highest BCUT2D eigenvalue weighted by Crippen LogP contribution is 2.16. The number of hydrogen-bond donors (Lipinski definition) is 2. The fraction of sp³-hybridized carbons (Fsp3) is 0.250. The second kappa shape index (κ2) is 7.15. The van der Waals surface area contributed by atoms with E-state index < -0.39 is 7.12 Å². The topological polar surface area (TPSA) is 58.9 Å². The van der Waals surface area contributed by atoms with Crippen molar-refractivity contribution in [3.8, 4) is 11.5 Å². The molecule has 0 bridgehead atoms. The first-order valence-electron chi connectivity index (χ1n) is 6.85. The quantitative estimate of drug-likeness (QED) is 0.623. The van der Waals surface area contributed by atoms with Gasteiger partial charge in [0.05, 0.1) is 0 Å². The molecule has 0 atom stereocenters. The molecule has 0 heterocycles. The van der Waals surface area contributed by atoms with Gasteiger partial charge >= 0.3 is 7.12 Å².